The van der Waals surface area contributed by atoms with Gasteiger partial charge in [-0.15, -0.1) is 22.7 Å². The lowest BCUT2D eigenvalue weighted by atomic mass is 10.0. The van der Waals surface area contributed by atoms with Gasteiger partial charge < -0.3 is 19.3 Å². The number of aliphatic carboxylic acids is 1. The van der Waals surface area contributed by atoms with E-state index in [1.807, 2.05) is 36.4 Å². The fourth-order valence-electron chi connectivity index (χ4n) is 4.00. The van der Waals surface area contributed by atoms with E-state index in [1.165, 1.54) is 29.6 Å². The Morgan fingerprint density at radius 2 is 1.50 bits per heavy atom. The number of carboxylic acids is 1. The number of ketones is 3. The van der Waals surface area contributed by atoms with Gasteiger partial charge in [-0.25, -0.2) is 0 Å². The fraction of sp³-hybridized carbons (Fsp3) is 0.333. The van der Waals surface area contributed by atoms with Crippen LogP contribution in [0.1, 0.15) is 58.9 Å². The highest BCUT2D eigenvalue weighted by molar-refractivity contribution is 7.21. The van der Waals surface area contributed by atoms with E-state index in [4.69, 9.17) is 19.3 Å². The van der Waals surface area contributed by atoms with Crippen molar-refractivity contribution in [3.63, 3.8) is 0 Å². The number of carboxylic acid groups (broad SMARTS) is 1. The van der Waals surface area contributed by atoms with E-state index in [1.54, 1.807) is 20.1 Å². The maximum Gasteiger partial charge on any atom is 0.303 e. The number of benzene rings is 2. The Kier molecular flexibility index (Phi) is 9.54. The number of carbonyl (C=O) groups excluding carboxylic acids is 3. The van der Waals surface area contributed by atoms with Gasteiger partial charge in [-0.05, 0) is 54.1 Å². The highest BCUT2D eigenvalue weighted by atomic mass is 32.1. The second-order valence-corrected chi connectivity index (χ2v) is 11.6. The molecule has 2 aromatic heterocycles. The number of fused-ring (bicyclic) bond motifs is 2. The van der Waals surface area contributed by atoms with Crippen LogP contribution in [0, 0.1) is 5.92 Å². The Bertz CT molecular complexity index is 1560. The quantitative estimate of drug-likeness (QED) is 0.120. The summed E-state index contributed by atoms with van der Waals surface area (Å²) < 4.78 is 19.2. The van der Waals surface area contributed by atoms with E-state index in [9.17, 15) is 19.2 Å². The molecule has 0 aliphatic rings. The lowest BCUT2D eigenvalue weighted by Gasteiger charge is -2.11. The number of methoxy groups -OCH3 is 1. The van der Waals surface area contributed by atoms with Crippen molar-refractivity contribution in [2.24, 2.45) is 5.92 Å². The molecule has 8 nitrogen and oxygen atoms in total. The van der Waals surface area contributed by atoms with Gasteiger partial charge in [0.2, 0.25) is 0 Å². The Morgan fingerprint density at radius 3 is 2.20 bits per heavy atom. The van der Waals surface area contributed by atoms with E-state index < -0.39 is 5.97 Å². The van der Waals surface area contributed by atoms with Gasteiger partial charge in [0.15, 0.2) is 23.1 Å². The Labute approximate surface area is 239 Å². The molecule has 210 valence electrons. The van der Waals surface area contributed by atoms with Crippen LogP contribution in [0.5, 0.6) is 17.2 Å². The summed E-state index contributed by atoms with van der Waals surface area (Å²) in [6.45, 7) is 4.06. The summed E-state index contributed by atoms with van der Waals surface area (Å²) in [6, 6.07) is 12.9. The third kappa shape index (κ3) is 7.25. The average Bonchev–Trinajstić information content (AvgIpc) is 3.54. The van der Waals surface area contributed by atoms with Crippen LogP contribution in [0.15, 0.2) is 42.5 Å². The van der Waals surface area contributed by atoms with Crippen LogP contribution in [-0.2, 0) is 9.59 Å². The van der Waals surface area contributed by atoms with Gasteiger partial charge in [-0.3, -0.25) is 19.2 Å². The van der Waals surface area contributed by atoms with Crippen LogP contribution in [0.4, 0.5) is 0 Å². The number of hydrogen-bond acceptors (Lipinski definition) is 9. The first-order valence-corrected chi connectivity index (χ1v) is 14.5. The van der Waals surface area contributed by atoms with Gasteiger partial charge in [-0.2, -0.15) is 0 Å². The highest BCUT2D eigenvalue weighted by Gasteiger charge is 2.18. The van der Waals surface area contributed by atoms with E-state index >= 15 is 0 Å². The largest absolute Gasteiger partial charge is 0.493 e. The second-order valence-electron chi connectivity index (χ2n) is 9.47. The Balaban J connectivity index is 1.32. The van der Waals surface area contributed by atoms with Crippen LogP contribution < -0.4 is 14.2 Å². The Hall–Kier alpha value is -3.76. The van der Waals surface area contributed by atoms with Crippen LogP contribution >= 0.6 is 22.7 Å². The molecular formula is C30H30O8S2. The number of carbonyl (C=O) groups is 4. The van der Waals surface area contributed by atoms with Gasteiger partial charge in [0.1, 0.15) is 11.5 Å². The summed E-state index contributed by atoms with van der Waals surface area (Å²) >= 11 is 2.72. The van der Waals surface area contributed by atoms with Crippen LogP contribution in [0.25, 0.3) is 20.2 Å². The molecule has 10 heteroatoms. The molecule has 4 rings (SSSR count). The number of rotatable bonds is 15. The summed E-state index contributed by atoms with van der Waals surface area (Å²) in [6.07, 6.45) is 0.598. The number of thiophene rings is 2. The molecule has 40 heavy (non-hydrogen) atoms. The zero-order valence-electron chi connectivity index (χ0n) is 22.5. The minimum Gasteiger partial charge on any atom is -0.493 e. The molecule has 0 aliphatic carbocycles. The van der Waals surface area contributed by atoms with Gasteiger partial charge in [0.25, 0.3) is 0 Å². The third-order valence-electron chi connectivity index (χ3n) is 6.41. The second kappa shape index (κ2) is 13.1. The van der Waals surface area contributed by atoms with Gasteiger partial charge >= 0.3 is 5.97 Å². The predicted molar refractivity (Wildman–Crippen MR) is 156 cm³/mol. The molecule has 4 aromatic rings. The van der Waals surface area contributed by atoms with Crippen LogP contribution in [-0.4, -0.2) is 48.7 Å². The maximum absolute atomic E-state index is 12.6. The molecule has 0 amide bonds. The lowest BCUT2D eigenvalue weighted by Crippen LogP contribution is -2.11. The number of Topliss-reactive ketones (excluding diaryl/α,β-unsaturated/α-hetero) is 3. The fourth-order valence-corrected chi connectivity index (χ4v) is 6.04. The van der Waals surface area contributed by atoms with E-state index in [2.05, 4.69) is 0 Å². The topological polar surface area (TPSA) is 116 Å². The minimum absolute atomic E-state index is 0.00148. The van der Waals surface area contributed by atoms with Gasteiger partial charge in [0, 0.05) is 40.6 Å². The summed E-state index contributed by atoms with van der Waals surface area (Å²) in [7, 11) is 1.57. The molecule has 0 radical (unpaired) electrons. The average molecular weight is 583 g/mol. The monoisotopic (exact) mass is 582 g/mol. The molecule has 1 atom stereocenters. The maximum atomic E-state index is 12.6. The van der Waals surface area contributed by atoms with Crippen LogP contribution in [0.2, 0.25) is 0 Å². The molecule has 2 aromatic carbocycles. The first-order valence-electron chi connectivity index (χ1n) is 12.8. The molecule has 0 unspecified atom stereocenters. The molecule has 0 aliphatic heterocycles. The molecule has 0 spiro atoms. The molecule has 0 fully saturated rings. The van der Waals surface area contributed by atoms with Crippen molar-refractivity contribution >= 4 is 66.2 Å². The minimum atomic E-state index is -0.988. The highest BCUT2D eigenvalue weighted by Crippen LogP contribution is 2.37. The summed E-state index contributed by atoms with van der Waals surface area (Å²) in [5.41, 5.74) is 0. The molecule has 2 heterocycles. The zero-order valence-corrected chi connectivity index (χ0v) is 24.1. The first-order chi connectivity index (χ1) is 19.1. The van der Waals surface area contributed by atoms with E-state index in [-0.39, 0.29) is 42.5 Å². The van der Waals surface area contributed by atoms with Gasteiger partial charge in [-0.1, -0.05) is 6.92 Å². The van der Waals surface area contributed by atoms with Crippen molar-refractivity contribution in [2.75, 3.05) is 20.3 Å². The number of hydrogen-bond donors (Lipinski definition) is 1. The molecule has 0 saturated heterocycles. The summed E-state index contributed by atoms with van der Waals surface area (Å²) in [5.74, 6) is 0.290. The van der Waals surface area contributed by atoms with Crippen molar-refractivity contribution < 1.29 is 38.5 Å². The van der Waals surface area contributed by atoms with Crippen LogP contribution in [0.3, 0.4) is 0 Å². The van der Waals surface area contributed by atoms with Crippen molar-refractivity contribution in [2.45, 2.75) is 39.5 Å². The van der Waals surface area contributed by atoms with Crippen molar-refractivity contribution in [3.05, 3.63) is 52.2 Å². The first kappa shape index (κ1) is 29.2. The Morgan fingerprint density at radius 1 is 0.825 bits per heavy atom. The molecule has 0 bridgehead atoms. The standard InChI is InChI=1S/C30H30O8S2/c1-17(18(2)31)11-23(33)29-15-20-13-24(36-3)25(16-27(20)40-29)38-10-4-9-37-21-5-7-26-19(12-21)14-28(39-26)22(32)6-8-30(34)35/h5,7,12-17H,4,6,8-11H2,1-3H3,(H,34,35)/t17-/m0/s1. The SMILES string of the molecule is COc1cc2cc(C(=O)C[C@H](C)C(C)=O)sc2cc1OCCCOc1ccc2sc(C(=O)CCC(=O)O)cc2c1. The lowest BCUT2D eigenvalue weighted by molar-refractivity contribution is -0.137. The van der Waals surface area contributed by atoms with Crippen molar-refractivity contribution in [1.82, 2.24) is 0 Å². The summed E-state index contributed by atoms with van der Waals surface area (Å²) in [5, 5.41) is 10.6. The third-order valence-corrected chi connectivity index (χ3v) is 8.70. The molecular weight excluding hydrogens is 552 g/mol. The van der Waals surface area contributed by atoms with Crippen molar-refractivity contribution in [1.29, 1.82) is 0 Å². The smallest absolute Gasteiger partial charge is 0.303 e. The summed E-state index contributed by atoms with van der Waals surface area (Å²) in [4.78, 5) is 48.3. The molecule has 1 N–H and O–H groups in total. The van der Waals surface area contributed by atoms with Crippen molar-refractivity contribution in [3.8, 4) is 17.2 Å². The van der Waals surface area contributed by atoms with E-state index in [0.29, 0.717) is 46.6 Å². The number of ether oxygens (including phenoxy) is 3. The van der Waals surface area contributed by atoms with Gasteiger partial charge in [0.05, 0.1) is 36.5 Å². The molecule has 0 saturated carbocycles. The normalized spacial score (nSPS) is 11.9. The predicted octanol–water partition coefficient (Wildman–Crippen LogP) is 6.82. The van der Waals surface area contributed by atoms with E-state index in [0.717, 1.165) is 20.2 Å². The zero-order chi connectivity index (χ0) is 28.8.